The van der Waals surface area contributed by atoms with E-state index in [1.54, 1.807) is 6.92 Å². The highest BCUT2D eigenvalue weighted by atomic mass is 19.4. The first-order valence-corrected chi connectivity index (χ1v) is 52.1. The molecule has 3 fully saturated rings. The van der Waals surface area contributed by atoms with Crippen LogP contribution in [0, 0.1) is 59.2 Å². The first kappa shape index (κ1) is 126. The monoisotopic (exact) mass is 1930 g/mol. The number of hydrogen-bond acceptors (Lipinski definition) is 14. The number of benzene rings is 6. The van der Waals surface area contributed by atoms with Gasteiger partial charge in [0.2, 0.25) is 0 Å². The van der Waals surface area contributed by atoms with Gasteiger partial charge in [0.05, 0.1) is 112 Å². The van der Waals surface area contributed by atoms with Crippen LogP contribution in [0.1, 0.15) is 347 Å². The normalized spacial score (nSPS) is 15.6. The van der Waals surface area contributed by atoms with Gasteiger partial charge in [-0.15, -0.1) is 0 Å². The first-order chi connectivity index (χ1) is 64.9. The standard InChI is InChI=1S/C19H30O2.C19H32O2.C15H18F6O2.C14H26O3.C13H20O2.C13H20O.C12H24O.C12H18O/c1-15(2)16(3)20-13-14-21-19-11-9-18(10-12-19)17-7-5-4-6-8-17;1-13(2)16(7)20-11-12-21-19-17(14(3)4)9-8-10-18(19)15(5)6;1-9(2)10(3)22-7-8-23-13-11(14(16,17)18)5-4-6-12(13)15(19,20)21;1-11(2)12(3)16-9-10-17-14(15)13-7-5-4-6-8-13;1-11(2)12(3)14-9-10-15-13-7-5-4-6-8-13;1-11(2)12(3)14-10-9-13-7-5-4-6-8-13;2*1-10(2)11(3)13-9-12-7-5-4-6-8-12/h9-12,15-17H,4-8,13-14H2,1-3H3;8-10,13-16H,11-12H2,1-7H3;4-6,9-10H,7-8H2,1-3H3;11-13H,4-10H2,1-3H3;4-8,11-12H,9-10H2,1-3H3;4-8,11-12H,9-10H2,1-3H3;10-12H,4-9H2,1-3H3;4-8,10-11H,9H2,1-3H3. The molecular formula is C117H188F6O14. The van der Waals surface area contributed by atoms with Crippen LogP contribution in [-0.4, -0.2) is 134 Å². The maximum atomic E-state index is 12.9. The summed E-state index contributed by atoms with van der Waals surface area (Å²) in [6, 6.07) is 47.5. The number of esters is 1. The zero-order valence-corrected chi connectivity index (χ0v) is 90.0. The lowest BCUT2D eigenvalue weighted by Crippen LogP contribution is -2.23. The van der Waals surface area contributed by atoms with Crippen LogP contribution in [0.5, 0.6) is 23.0 Å². The molecule has 8 unspecified atom stereocenters. The minimum Gasteiger partial charge on any atom is -0.491 e. The number of hydrogen-bond donors (Lipinski definition) is 0. The molecule has 3 aliphatic carbocycles. The average Bonchev–Trinajstić information content (AvgIpc) is 0.785. The molecule has 3 saturated carbocycles. The van der Waals surface area contributed by atoms with Crippen LogP contribution in [0.2, 0.25) is 0 Å². The summed E-state index contributed by atoms with van der Waals surface area (Å²) in [4.78, 5) is 11.7. The van der Waals surface area contributed by atoms with E-state index in [1.165, 1.54) is 111 Å². The lowest BCUT2D eigenvalue weighted by Gasteiger charge is -2.24. The van der Waals surface area contributed by atoms with Gasteiger partial charge >= 0.3 is 18.3 Å². The molecule has 8 atom stereocenters. The summed E-state index contributed by atoms with van der Waals surface area (Å²) >= 11 is 0. The molecule has 0 aromatic heterocycles. The molecule has 20 heteroatoms. The van der Waals surface area contributed by atoms with Crippen molar-refractivity contribution in [1.29, 1.82) is 0 Å². The average molecular weight is 1930 g/mol. The predicted octanol–water partition coefficient (Wildman–Crippen LogP) is 32.2. The van der Waals surface area contributed by atoms with Gasteiger partial charge in [-0.2, -0.15) is 26.3 Å². The van der Waals surface area contributed by atoms with Crippen molar-refractivity contribution >= 4 is 5.97 Å². The van der Waals surface area contributed by atoms with Gasteiger partial charge in [-0.1, -0.05) is 312 Å². The van der Waals surface area contributed by atoms with Crippen LogP contribution < -0.4 is 18.9 Å². The van der Waals surface area contributed by atoms with Gasteiger partial charge in [0, 0.05) is 6.61 Å². The highest BCUT2D eigenvalue weighted by molar-refractivity contribution is 5.72. The van der Waals surface area contributed by atoms with Gasteiger partial charge in [-0.25, -0.2) is 0 Å². The number of carbonyl (C=O) groups is 1. The molecular weight excluding hydrogens is 1740 g/mol. The first-order valence-electron chi connectivity index (χ1n) is 52.1. The van der Waals surface area contributed by atoms with Crippen molar-refractivity contribution in [1.82, 2.24) is 0 Å². The number of halogens is 6. The summed E-state index contributed by atoms with van der Waals surface area (Å²) in [5.41, 5.74) is 3.75. The summed E-state index contributed by atoms with van der Waals surface area (Å²) in [7, 11) is 0. The molecule has 0 spiro atoms. The van der Waals surface area contributed by atoms with Gasteiger partial charge in [0.1, 0.15) is 56.0 Å². The number of para-hydroxylation sites is 3. The van der Waals surface area contributed by atoms with E-state index in [4.69, 9.17) is 61.6 Å². The number of alkyl halides is 6. The van der Waals surface area contributed by atoms with Crippen molar-refractivity contribution in [3.63, 3.8) is 0 Å². The van der Waals surface area contributed by atoms with Gasteiger partial charge in [-0.3, -0.25) is 4.79 Å². The van der Waals surface area contributed by atoms with E-state index < -0.39 is 35.8 Å². The minimum absolute atomic E-state index is 0.0227. The molecule has 0 aliphatic heterocycles. The molecule has 14 nitrogen and oxygen atoms in total. The molecule has 137 heavy (non-hydrogen) atoms. The molecule has 6 aromatic carbocycles. The number of carbonyl (C=O) groups excluding carboxylic acids is 1. The quantitative estimate of drug-likeness (QED) is 0.0204. The zero-order chi connectivity index (χ0) is 102. The third-order valence-electron chi connectivity index (χ3n) is 26.0. The van der Waals surface area contributed by atoms with E-state index in [9.17, 15) is 31.1 Å². The Hall–Kier alpha value is -6.75. The fourth-order valence-electron chi connectivity index (χ4n) is 13.9. The second-order valence-corrected chi connectivity index (χ2v) is 40.6. The molecule has 0 bridgehead atoms. The second kappa shape index (κ2) is 72.5. The number of ether oxygens (including phenoxy) is 13. The zero-order valence-electron chi connectivity index (χ0n) is 90.0. The van der Waals surface area contributed by atoms with E-state index in [0.717, 1.165) is 68.2 Å². The molecule has 0 N–H and O–H groups in total. The van der Waals surface area contributed by atoms with Gasteiger partial charge in [0.25, 0.3) is 0 Å². The molecule has 3 aliphatic rings. The lowest BCUT2D eigenvalue weighted by atomic mass is 9.84. The Kier molecular flexibility index (Phi) is 66.8. The molecule has 782 valence electrons. The molecule has 0 amide bonds. The van der Waals surface area contributed by atoms with Crippen molar-refractivity contribution in [2.24, 2.45) is 59.2 Å². The van der Waals surface area contributed by atoms with Crippen LogP contribution in [-0.2, 0) is 72.8 Å². The van der Waals surface area contributed by atoms with E-state index in [-0.39, 0.29) is 42.7 Å². The Morgan fingerprint density at radius 3 is 0.985 bits per heavy atom. The van der Waals surface area contributed by atoms with E-state index in [0.29, 0.717) is 155 Å². The molecule has 9 rings (SSSR count). The fraction of sp³-hybridized carbons (Fsp3) is 0.684. The van der Waals surface area contributed by atoms with Crippen LogP contribution in [0.15, 0.2) is 152 Å². The third kappa shape index (κ3) is 57.8. The van der Waals surface area contributed by atoms with Crippen LogP contribution >= 0.6 is 0 Å². The maximum absolute atomic E-state index is 12.9. The highest BCUT2D eigenvalue weighted by Gasteiger charge is 2.42. The topological polar surface area (TPSA) is 137 Å². The molecule has 0 saturated heterocycles. The predicted molar refractivity (Wildman–Crippen MR) is 553 cm³/mol. The Balaban J connectivity index is 0.000000534. The summed E-state index contributed by atoms with van der Waals surface area (Å²) in [5.74, 6) is 8.55. The Morgan fingerprint density at radius 1 is 0.292 bits per heavy atom. The summed E-state index contributed by atoms with van der Waals surface area (Å²) in [6.45, 7) is 66.4. The van der Waals surface area contributed by atoms with Crippen molar-refractivity contribution in [2.45, 2.75) is 382 Å². The van der Waals surface area contributed by atoms with Gasteiger partial charge in [-0.05, 0) is 236 Å². The molecule has 6 aromatic rings. The summed E-state index contributed by atoms with van der Waals surface area (Å²) < 4.78 is 150. The minimum atomic E-state index is -4.94. The van der Waals surface area contributed by atoms with Crippen molar-refractivity contribution in [3.8, 4) is 23.0 Å². The Bertz CT molecular complexity index is 3820. The molecule has 0 heterocycles. The van der Waals surface area contributed by atoms with E-state index in [1.807, 2.05) is 75.4 Å². The fourth-order valence-corrected chi connectivity index (χ4v) is 13.9. The maximum Gasteiger partial charge on any atom is 0.419 e. The van der Waals surface area contributed by atoms with E-state index in [2.05, 4.69) is 245 Å². The third-order valence-corrected chi connectivity index (χ3v) is 26.0. The van der Waals surface area contributed by atoms with E-state index >= 15 is 0 Å². The highest BCUT2D eigenvalue weighted by Crippen LogP contribution is 2.45. The second-order valence-electron chi connectivity index (χ2n) is 40.6. The van der Waals surface area contributed by atoms with Crippen molar-refractivity contribution < 1.29 is 92.7 Å². The number of rotatable bonds is 46. The summed E-state index contributed by atoms with van der Waals surface area (Å²) in [6.07, 6.45) is 12.7. The summed E-state index contributed by atoms with van der Waals surface area (Å²) in [5, 5.41) is 0. The SMILES string of the molecule is CC(C)C(C)OCC1CCCCC1.CC(C)C(C)OCCOC(=O)C1CCCCC1.CC(C)C(C)OCCOc1c(C(F)(F)F)cccc1C(F)(F)F.CC(C)C(C)OCCOc1ccc(C2CCCCC2)cc1.CC(C)C(C)OCCOc1ccccc1.CC(C)C(C)OCCc1ccccc1.CC(C)C(C)OCc1ccccc1.CC(C)c1cccc(C(C)C)c1OCCOC(C)C(C)C. The Morgan fingerprint density at radius 2 is 0.606 bits per heavy atom. The van der Waals surface area contributed by atoms with Gasteiger partial charge in [0.15, 0.2) is 0 Å². The Labute approximate surface area is 828 Å². The van der Waals surface area contributed by atoms with Crippen molar-refractivity contribution in [3.05, 3.63) is 191 Å². The largest absolute Gasteiger partial charge is 0.491 e. The van der Waals surface area contributed by atoms with Crippen LogP contribution in [0.3, 0.4) is 0 Å². The van der Waals surface area contributed by atoms with Crippen LogP contribution in [0.25, 0.3) is 0 Å². The smallest absolute Gasteiger partial charge is 0.419 e. The lowest BCUT2D eigenvalue weighted by molar-refractivity contribution is -0.152. The van der Waals surface area contributed by atoms with Crippen LogP contribution in [0.4, 0.5) is 26.3 Å². The molecule has 0 radical (unpaired) electrons. The van der Waals surface area contributed by atoms with Crippen molar-refractivity contribution in [2.75, 3.05) is 79.3 Å². The van der Waals surface area contributed by atoms with Gasteiger partial charge < -0.3 is 61.6 Å².